The molecule has 2 aromatic rings. The maximum absolute atomic E-state index is 12.2. The van der Waals surface area contributed by atoms with Crippen LogP contribution in [-0.2, 0) is 17.7 Å². The number of rotatable bonds is 2. The smallest absolute Gasteiger partial charge is 0.410 e. The topological polar surface area (TPSA) is 67.4 Å². The second-order valence-corrected chi connectivity index (χ2v) is 7.31. The lowest BCUT2D eigenvalue weighted by Crippen LogP contribution is -2.40. The van der Waals surface area contributed by atoms with E-state index in [1.165, 1.54) is 5.56 Å². The summed E-state index contributed by atoms with van der Waals surface area (Å²) in [6, 6.07) is 8.08. The van der Waals surface area contributed by atoms with Crippen LogP contribution in [0.15, 0.2) is 30.5 Å². The average molecular weight is 340 g/mol. The number of hydrogen-bond acceptors (Lipinski definition) is 5. The zero-order chi connectivity index (χ0) is 18.0. The normalized spacial score (nSPS) is 14.0. The molecule has 1 aliphatic heterocycles. The molecule has 1 N–H and O–H groups in total. The molecule has 6 heteroatoms. The van der Waals surface area contributed by atoms with E-state index in [-0.39, 0.29) is 6.09 Å². The van der Waals surface area contributed by atoms with Crippen molar-refractivity contribution in [2.24, 2.45) is 0 Å². The van der Waals surface area contributed by atoms with E-state index in [1.807, 2.05) is 52.0 Å². The van der Waals surface area contributed by atoms with Gasteiger partial charge < -0.3 is 15.0 Å². The van der Waals surface area contributed by atoms with Gasteiger partial charge in [-0.3, -0.25) is 0 Å². The molecule has 0 atom stereocenters. The number of hydrogen-bond donors (Lipinski definition) is 1. The van der Waals surface area contributed by atoms with E-state index in [0.717, 1.165) is 16.9 Å². The zero-order valence-electron chi connectivity index (χ0n) is 15.2. The average Bonchev–Trinajstić information content (AvgIpc) is 2.53. The van der Waals surface area contributed by atoms with Crippen LogP contribution >= 0.6 is 0 Å². The standard InChI is InChI=1S/C19H24N4O2/c1-13-6-5-7-15(10-13)21-17-20-11-14-12-23(9-8-16(14)22-17)18(24)25-19(2,3)4/h5-7,10-11H,8-9,12H2,1-4H3,(H,20,21,22). The number of aromatic nitrogens is 2. The van der Waals surface area contributed by atoms with Crippen molar-refractivity contribution in [1.82, 2.24) is 14.9 Å². The van der Waals surface area contributed by atoms with Crippen LogP contribution in [0, 0.1) is 6.92 Å². The summed E-state index contributed by atoms with van der Waals surface area (Å²) in [6.07, 6.45) is 2.19. The molecule has 132 valence electrons. The highest BCUT2D eigenvalue weighted by Gasteiger charge is 2.26. The highest BCUT2D eigenvalue weighted by atomic mass is 16.6. The van der Waals surface area contributed by atoms with E-state index in [0.29, 0.717) is 25.5 Å². The van der Waals surface area contributed by atoms with Gasteiger partial charge in [0.05, 0.1) is 12.2 Å². The SMILES string of the molecule is Cc1cccc(Nc2ncc3c(n2)CCN(C(=O)OC(C)(C)C)C3)c1. The second kappa shape index (κ2) is 6.70. The van der Waals surface area contributed by atoms with Crippen molar-refractivity contribution >= 4 is 17.7 Å². The Bertz CT molecular complexity index is 783. The number of nitrogens with zero attached hydrogens (tertiary/aromatic N) is 3. The summed E-state index contributed by atoms with van der Waals surface area (Å²) in [5, 5.41) is 3.23. The molecule has 1 aliphatic rings. The van der Waals surface area contributed by atoms with Gasteiger partial charge in [-0.05, 0) is 45.4 Å². The molecule has 0 unspecified atom stereocenters. The van der Waals surface area contributed by atoms with E-state index in [4.69, 9.17) is 4.74 Å². The molecule has 25 heavy (non-hydrogen) atoms. The summed E-state index contributed by atoms with van der Waals surface area (Å²) in [5.74, 6) is 0.579. The predicted octanol–water partition coefficient (Wildman–Crippen LogP) is 3.82. The third kappa shape index (κ3) is 4.47. The Morgan fingerprint density at radius 3 is 2.84 bits per heavy atom. The quantitative estimate of drug-likeness (QED) is 0.900. The number of benzene rings is 1. The van der Waals surface area contributed by atoms with E-state index in [9.17, 15) is 4.79 Å². The monoisotopic (exact) mass is 340 g/mol. The first-order valence-electron chi connectivity index (χ1n) is 8.46. The van der Waals surface area contributed by atoms with Gasteiger partial charge in [0.2, 0.25) is 5.95 Å². The van der Waals surface area contributed by atoms with E-state index >= 15 is 0 Å². The second-order valence-electron chi connectivity index (χ2n) is 7.31. The predicted molar refractivity (Wildman–Crippen MR) is 96.8 cm³/mol. The summed E-state index contributed by atoms with van der Waals surface area (Å²) >= 11 is 0. The van der Waals surface area contributed by atoms with Crippen molar-refractivity contribution in [2.75, 3.05) is 11.9 Å². The molecule has 1 amide bonds. The molecule has 1 aromatic heterocycles. The molecule has 0 spiro atoms. The molecule has 0 aliphatic carbocycles. The first kappa shape index (κ1) is 17.2. The number of carbonyl (C=O) groups excluding carboxylic acids is 1. The third-order valence-corrected chi connectivity index (χ3v) is 3.86. The van der Waals surface area contributed by atoms with Crippen LogP contribution in [0.25, 0.3) is 0 Å². The van der Waals surface area contributed by atoms with Crippen molar-refractivity contribution < 1.29 is 9.53 Å². The highest BCUT2D eigenvalue weighted by molar-refractivity contribution is 5.68. The Hall–Kier alpha value is -2.63. The van der Waals surface area contributed by atoms with Crippen LogP contribution < -0.4 is 5.32 Å². The number of nitrogens with one attached hydrogen (secondary N) is 1. The van der Waals surface area contributed by atoms with E-state index < -0.39 is 5.60 Å². The lowest BCUT2D eigenvalue weighted by Gasteiger charge is -2.30. The van der Waals surface area contributed by atoms with Crippen LogP contribution in [0.3, 0.4) is 0 Å². The van der Waals surface area contributed by atoms with Gasteiger partial charge in [-0.2, -0.15) is 0 Å². The molecule has 0 radical (unpaired) electrons. The Labute approximate surface area is 148 Å². The molecule has 0 fully saturated rings. The minimum atomic E-state index is -0.491. The van der Waals surface area contributed by atoms with Gasteiger partial charge in [-0.1, -0.05) is 12.1 Å². The fourth-order valence-electron chi connectivity index (χ4n) is 2.71. The van der Waals surface area contributed by atoms with Crippen LogP contribution in [0.4, 0.5) is 16.4 Å². The van der Waals surface area contributed by atoms with Gasteiger partial charge in [-0.25, -0.2) is 14.8 Å². The summed E-state index contributed by atoms with van der Waals surface area (Å²) in [4.78, 5) is 22.9. The number of amides is 1. The van der Waals surface area contributed by atoms with Crippen LogP contribution in [-0.4, -0.2) is 33.1 Å². The van der Waals surface area contributed by atoms with Crippen LogP contribution in [0.2, 0.25) is 0 Å². The minimum absolute atomic E-state index is 0.292. The Morgan fingerprint density at radius 1 is 1.32 bits per heavy atom. The first-order valence-corrected chi connectivity index (χ1v) is 8.46. The van der Waals surface area contributed by atoms with Crippen molar-refractivity contribution in [3.63, 3.8) is 0 Å². The summed E-state index contributed by atoms with van der Waals surface area (Å²) in [6.45, 7) is 8.74. The molecule has 0 saturated heterocycles. The zero-order valence-corrected chi connectivity index (χ0v) is 15.2. The lowest BCUT2D eigenvalue weighted by molar-refractivity contribution is 0.0222. The molecular weight excluding hydrogens is 316 g/mol. The number of anilines is 2. The highest BCUT2D eigenvalue weighted by Crippen LogP contribution is 2.21. The van der Waals surface area contributed by atoms with Gasteiger partial charge in [0.25, 0.3) is 0 Å². The van der Waals surface area contributed by atoms with E-state index in [1.54, 1.807) is 11.1 Å². The Kier molecular flexibility index (Phi) is 4.61. The number of fused-ring (bicyclic) bond motifs is 1. The maximum atomic E-state index is 12.2. The van der Waals surface area contributed by atoms with Crippen molar-refractivity contribution in [3.05, 3.63) is 47.3 Å². The number of aryl methyl sites for hydroxylation is 1. The van der Waals surface area contributed by atoms with Crippen molar-refractivity contribution in [1.29, 1.82) is 0 Å². The maximum Gasteiger partial charge on any atom is 0.410 e. The Balaban J connectivity index is 1.70. The molecule has 3 rings (SSSR count). The largest absolute Gasteiger partial charge is 0.444 e. The van der Waals surface area contributed by atoms with Gasteiger partial charge in [0.1, 0.15) is 5.60 Å². The molecule has 6 nitrogen and oxygen atoms in total. The van der Waals surface area contributed by atoms with Crippen LogP contribution in [0.5, 0.6) is 0 Å². The summed E-state index contributed by atoms with van der Waals surface area (Å²) in [5.41, 5.74) is 3.59. The molecule has 0 bridgehead atoms. The van der Waals surface area contributed by atoms with Crippen LogP contribution in [0.1, 0.15) is 37.6 Å². The fraction of sp³-hybridized carbons (Fsp3) is 0.421. The summed E-state index contributed by atoms with van der Waals surface area (Å²) in [7, 11) is 0. The minimum Gasteiger partial charge on any atom is -0.444 e. The van der Waals surface area contributed by atoms with E-state index in [2.05, 4.69) is 15.3 Å². The van der Waals surface area contributed by atoms with Crippen molar-refractivity contribution in [3.8, 4) is 0 Å². The Morgan fingerprint density at radius 2 is 2.12 bits per heavy atom. The van der Waals surface area contributed by atoms with Gasteiger partial charge in [-0.15, -0.1) is 0 Å². The fourth-order valence-corrected chi connectivity index (χ4v) is 2.71. The summed E-state index contributed by atoms with van der Waals surface area (Å²) < 4.78 is 5.44. The first-order chi connectivity index (χ1) is 11.8. The number of carbonyl (C=O) groups is 1. The van der Waals surface area contributed by atoms with Gasteiger partial charge in [0.15, 0.2) is 0 Å². The number of ether oxygens (including phenoxy) is 1. The molecule has 1 aromatic carbocycles. The lowest BCUT2D eigenvalue weighted by atomic mass is 10.1. The van der Waals surface area contributed by atoms with Gasteiger partial charge >= 0.3 is 6.09 Å². The van der Waals surface area contributed by atoms with Crippen molar-refractivity contribution in [2.45, 2.75) is 46.3 Å². The molecular formula is C19H24N4O2. The van der Waals surface area contributed by atoms with Gasteiger partial charge in [0, 0.05) is 30.4 Å². The third-order valence-electron chi connectivity index (χ3n) is 3.86. The molecule has 0 saturated carbocycles. The molecule has 2 heterocycles.